The Labute approximate surface area is 193 Å². The molecule has 0 radical (unpaired) electrons. The van der Waals surface area contributed by atoms with Gasteiger partial charge in [0.05, 0.1) is 0 Å². The van der Waals surface area contributed by atoms with Crippen molar-refractivity contribution in [2.75, 3.05) is 6.61 Å². The van der Waals surface area contributed by atoms with Crippen LogP contribution in [0.4, 0.5) is 4.79 Å². The molecule has 0 saturated heterocycles. The molecule has 2 aromatic carbocycles. The van der Waals surface area contributed by atoms with Gasteiger partial charge in [0.1, 0.15) is 18.2 Å². The minimum Gasteiger partial charge on any atom is -0.480 e. The van der Waals surface area contributed by atoms with E-state index in [4.69, 9.17) is 4.74 Å². The van der Waals surface area contributed by atoms with Gasteiger partial charge in [-0.1, -0.05) is 74.7 Å². The van der Waals surface area contributed by atoms with Crippen LogP contribution in [-0.2, 0) is 14.3 Å². The van der Waals surface area contributed by atoms with E-state index in [9.17, 15) is 19.5 Å². The van der Waals surface area contributed by atoms with Crippen molar-refractivity contribution in [2.24, 2.45) is 0 Å². The highest BCUT2D eigenvalue weighted by molar-refractivity contribution is 5.91. The smallest absolute Gasteiger partial charge is 0.407 e. The second-order valence-corrected chi connectivity index (χ2v) is 8.87. The molecule has 0 spiro atoms. The third-order valence-electron chi connectivity index (χ3n) is 6.84. The summed E-state index contributed by atoms with van der Waals surface area (Å²) in [6.07, 6.45) is 2.90. The third kappa shape index (κ3) is 4.58. The molecule has 0 aromatic heterocycles. The van der Waals surface area contributed by atoms with E-state index in [1.54, 1.807) is 6.92 Å². The molecule has 0 unspecified atom stereocenters. The van der Waals surface area contributed by atoms with E-state index in [0.29, 0.717) is 19.3 Å². The molecule has 174 valence electrons. The van der Waals surface area contributed by atoms with Crippen LogP contribution in [-0.4, -0.2) is 41.3 Å². The molecule has 33 heavy (non-hydrogen) atoms. The van der Waals surface area contributed by atoms with Crippen LogP contribution >= 0.6 is 0 Å². The van der Waals surface area contributed by atoms with Gasteiger partial charge in [-0.05, 0) is 41.5 Å². The number of alkyl carbamates (subject to hydrolysis) is 1. The molecule has 7 heteroatoms. The summed E-state index contributed by atoms with van der Waals surface area (Å²) in [7, 11) is 0. The van der Waals surface area contributed by atoms with Gasteiger partial charge >= 0.3 is 12.1 Å². The maximum absolute atomic E-state index is 12.8. The molecule has 2 aromatic rings. The number of hydrogen-bond acceptors (Lipinski definition) is 4. The van der Waals surface area contributed by atoms with Crippen molar-refractivity contribution in [3.05, 3.63) is 59.7 Å². The summed E-state index contributed by atoms with van der Waals surface area (Å²) in [5.41, 5.74) is 3.23. The number of hydrogen-bond donors (Lipinski definition) is 3. The van der Waals surface area contributed by atoms with Gasteiger partial charge in [-0.2, -0.15) is 0 Å². The Morgan fingerprint density at radius 1 is 1.00 bits per heavy atom. The molecule has 2 aliphatic rings. The summed E-state index contributed by atoms with van der Waals surface area (Å²) >= 11 is 0. The summed E-state index contributed by atoms with van der Waals surface area (Å²) in [5, 5.41) is 15.0. The van der Waals surface area contributed by atoms with E-state index in [0.717, 1.165) is 41.5 Å². The molecule has 7 nitrogen and oxygen atoms in total. The fourth-order valence-corrected chi connectivity index (χ4v) is 5.01. The molecule has 0 bridgehead atoms. The lowest BCUT2D eigenvalue weighted by atomic mass is 9.81. The Morgan fingerprint density at radius 2 is 1.58 bits per heavy atom. The maximum Gasteiger partial charge on any atom is 0.407 e. The minimum absolute atomic E-state index is 0.0745. The Morgan fingerprint density at radius 3 is 2.12 bits per heavy atom. The van der Waals surface area contributed by atoms with E-state index in [1.165, 1.54) is 0 Å². The molecule has 0 heterocycles. The van der Waals surface area contributed by atoms with Gasteiger partial charge in [0.15, 0.2) is 0 Å². The lowest BCUT2D eigenvalue weighted by Gasteiger charge is -2.35. The van der Waals surface area contributed by atoms with Crippen LogP contribution in [0.5, 0.6) is 0 Å². The summed E-state index contributed by atoms with van der Waals surface area (Å²) in [6.45, 7) is 1.92. The monoisotopic (exact) mass is 450 g/mol. The molecule has 1 saturated carbocycles. The van der Waals surface area contributed by atoms with Crippen LogP contribution in [0.2, 0.25) is 0 Å². The van der Waals surface area contributed by atoms with Crippen LogP contribution in [0.1, 0.15) is 62.5 Å². The summed E-state index contributed by atoms with van der Waals surface area (Å²) in [6, 6.07) is 15.3. The van der Waals surface area contributed by atoms with Crippen molar-refractivity contribution in [3.8, 4) is 11.1 Å². The van der Waals surface area contributed by atoms with Crippen LogP contribution in [0.25, 0.3) is 11.1 Å². The van der Waals surface area contributed by atoms with Crippen molar-refractivity contribution in [1.29, 1.82) is 0 Å². The van der Waals surface area contributed by atoms with Gasteiger partial charge in [-0.25, -0.2) is 9.59 Å². The van der Waals surface area contributed by atoms with Gasteiger partial charge in [-0.3, -0.25) is 4.79 Å². The summed E-state index contributed by atoms with van der Waals surface area (Å²) in [5.74, 6) is -1.59. The summed E-state index contributed by atoms with van der Waals surface area (Å²) < 4.78 is 5.54. The highest BCUT2D eigenvalue weighted by Crippen LogP contribution is 2.44. The normalized spacial score (nSPS) is 17.4. The van der Waals surface area contributed by atoms with Crippen LogP contribution in [0.3, 0.4) is 0 Å². The number of amides is 2. The zero-order valence-corrected chi connectivity index (χ0v) is 18.8. The van der Waals surface area contributed by atoms with Gasteiger partial charge in [0.2, 0.25) is 5.91 Å². The number of carbonyl (C=O) groups excluding carboxylic acids is 2. The second-order valence-electron chi connectivity index (χ2n) is 8.87. The fraction of sp³-hybridized carbons (Fsp3) is 0.423. The number of fused-ring (bicyclic) bond motifs is 3. The van der Waals surface area contributed by atoms with Gasteiger partial charge in [0.25, 0.3) is 0 Å². The fourth-order valence-electron chi connectivity index (χ4n) is 5.01. The van der Waals surface area contributed by atoms with Crippen molar-refractivity contribution in [3.63, 3.8) is 0 Å². The molecule has 1 atom stereocenters. The average molecular weight is 451 g/mol. The number of carbonyl (C=O) groups is 3. The standard InChI is InChI=1S/C26H30N2O5/c1-2-22(23(29)28-26(24(30)31)14-8-3-9-15-26)27-25(32)33-16-21-19-12-6-4-10-17(19)18-11-5-7-13-20(18)21/h4-7,10-13,21-22H,2-3,8-9,14-16H2,1H3,(H,27,32)(H,28,29)(H,30,31)/t22-/m0/s1. The van der Waals surface area contributed by atoms with Crippen LogP contribution in [0, 0.1) is 0 Å². The van der Waals surface area contributed by atoms with Gasteiger partial charge < -0.3 is 20.5 Å². The molecular weight excluding hydrogens is 420 g/mol. The van der Waals surface area contributed by atoms with E-state index in [1.807, 2.05) is 36.4 Å². The molecule has 4 rings (SSSR count). The molecule has 0 aliphatic heterocycles. The first-order valence-electron chi connectivity index (χ1n) is 11.6. The lowest BCUT2D eigenvalue weighted by Crippen LogP contribution is -2.60. The first-order chi connectivity index (χ1) is 15.9. The van der Waals surface area contributed by atoms with Crippen molar-refractivity contribution in [1.82, 2.24) is 10.6 Å². The zero-order valence-electron chi connectivity index (χ0n) is 18.8. The molecule has 3 N–H and O–H groups in total. The van der Waals surface area contributed by atoms with E-state index < -0.39 is 29.6 Å². The highest BCUT2D eigenvalue weighted by atomic mass is 16.5. The number of carboxylic acids is 1. The quantitative estimate of drug-likeness (QED) is 0.586. The van der Waals surface area contributed by atoms with Gasteiger partial charge in [-0.15, -0.1) is 0 Å². The predicted molar refractivity (Wildman–Crippen MR) is 124 cm³/mol. The van der Waals surface area contributed by atoms with Crippen LogP contribution < -0.4 is 10.6 Å². The second kappa shape index (κ2) is 9.65. The SMILES string of the molecule is CC[C@H](NC(=O)OCC1c2ccccc2-c2ccccc21)C(=O)NC1(C(=O)O)CCCCC1. The van der Waals surface area contributed by atoms with E-state index >= 15 is 0 Å². The van der Waals surface area contributed by atoms with Crippen molar-refractivity contribution < 1.29 is 24.2 Å². The highest BCUT2D eigenvalue weighted by Gasteiger charge is 2.42. The Bertz CT molecular complexity index is 999. The number of aliphatic carboxylic acids is 1. The number of carboxylic acid groups (broad SMARTS) is 1. The van der Waals surface area contributed by atoms with E-state index in [2.05, 4.69) is 22.8 Å². The summed E-state index contributed by atoms with van der Waals surface area (Å²) in [4.78, 5) is 37.3. The topological polar surface area (TPSA) is 105 Å². The first kappa shape index (κ1) is 22.8. The Balaban J connectivity index is 1.39. The molecule has 1 fully saturated rings. The third-order valence-corrected chi connectivity index (χ3v) is 6.84. The van der Waals surface area contributed by atoms with Crippen molar-refractivity contribution >= 4 is 18.0 Å². The number of benzene rings is 2. The van der Waals surface area contributed by atoms with Crippen LogP contribution in [0.15, 0.2) is 48.5 Å². The van der Waals surface area contributed by atoms with Gasteiger partial charge in [0, 0.05) is 5.92 Å². The molecule has 2 aliphatic carbocycles. The Kier molecular flexibility index (Phi) is 6.67. The molecule has 2 amide bonds. The Hall–Kier alpha value is -3.35. The number of ether oxygens (including phenoxy) is 1. The number of rotatable bonds is 7. The first-order valence-corrected chi connectivity index (χ1v) is 11.6. The van der Waals surface area contributed by atoms with Crippen molar-refractivity contribution in [2.45, 2.75) is 62.9 Å². The predicted octanol–water partition coefficient (Wildman–Crippen LogP) is 4.21. The molecular formula is C26H30N2O5. The number of nitrogens with one attached hydrogen (secondary N) is 2. The zero-order chi connectivity index (χ0) is 23.4. The largest absolute Gasteiger partial charge is 0.480 e. The minimum atomic E-state index is -1.26. The lowest BCUT2D eigenvalue weighted by molar-refractivity contribution is -0.149. The maximum atomic E-state index is 12.8. The average Bonchev–Trinajstić information content (AvgIpc) is 3.15. The van der Waals surface area contributed by atoms with E-state index in [-0.39, 0.29) is 12.5 Å².